The van der Waals surface area contributed by atoms with Crippen LogP contribution in [0.2, 0.25) is 0 Å². The monoisotopic (exact) mass is 548 g/mol. The van der Waals surface area contributed by atoms with Gasteiger partial charge in [0.05, 0.1) is 30.4 Å². The number of aromatic nitrogens is 1. The highest BCUT2D eigenvalue weighted by Gasteiger charge is 2.19. The molecule has 0 saturated carbocycles. The molecule has 10 heteroatoms. The van der Waals surface area contributed by atoms with Crippen LogP contribution in [0.25, 0.3) is 6.08 Å². The maximum atomic E-state index is 13.4. The number of hydrogen-bond donors (Lipinski definition) is 2. The third kappa shape index (κ3) is 7.24. The van der Waals surface area contributed by atoms with Crippen LogP contribution in [-0.4, -0.2) is 32.0 Å². The van der Waals surface area contributed by atoms with Gasteiger partial charge in [0.25, 0.3) is 0 Å². The second-order valence-electron chi connectivity index (χ2n) is 9.37. The predicted molar refractivity (Wildman–Crippen MR) is 150 cm³/mol. The lowest BCUT2D eigenvalue weighted by Gasteiger charge is -2.25. The molecule has 8 nitrogen and oxygen atoms in total. The fraction of sp³-hybridized carbons (Fsp3) is 0.207. The molecule has 2 aromatic heterocycles. The zero-order chi connectivity index (χ0) is 27.2. The van der Waals surface area contributed by atoms with Gasteiger partial charge >= 0.3 is 0 Å². The van der Waals surface area contributed by atoms with Gasteiger partial charge in [0.15, 0.2) is 5.88 Å². The van der Waals surface area contributed by atoms with Crippen LogP contribution in [0.3, 0.4) is 0 Å². The second-order valence-corrected chi connectivity index (χ2v) is 11.6. The molecule has 39 heavy (non-hydrogen) atoms. The Hall–Kier alpha value is -4.15. The summed E-state index contributed by atoms with van der Waals surface area (Å²) in [5.74, 6) is 1.19. The predicted octanol–water partition coefficient (Wildman–Crippen LogP) is 5.26. The highest BCUT2D eigenvalue weighted by atomic mass is 32.2. The van der Waals surface area contributed by atoms with Crippen molar-refractivity contribution in [2.45, 2.75) is 19.7 Å². The number of sulfone groups is 1. The van der Waals surface area contributed by atoms with E-state index in [0.717, 1.165) is 33.6 Å². The average Bonchev–Trinajstić information content (AvgIpc) is 3.39. The van der Waals surface area contributed by atoms with Gasteiger partial charge in [-0.05, 0) is 48.0 Å². The van der Waals surface area contributed by atoms with Gasteiger partial charge in [0.1, 0.15) is 28.0 Å². The summed E-state index contributed by atoms with van der Waals surface area (Å²) in [5, 5.41) is 6.58. The third-order valence-corrected chi connectivity index (χ3v) is 7.13. The van der Waals surface area contributed by atoms with Gasteiger partial charge in [-0.15, -0.1) is 0 Å². The number of nitrogens with one attached hydrogen (secondary N) is 2. The van der Waals surface area contributed by atoms with Crippen molar-refractivity contribution in [3.05, 3.63) is 108 Å². The second kappa shape index (κ2) is 11.7. The smallest absolute Gasteiger partial charge is 0.199 e. The summed E-state index contributed by atoms with van der Waals surface area (Å²) in [5.41, 5.74) is 5.55. The number of hydrogen-bond acceptors (Lipinski definition) is 8. The Morgan fingerprint density at radius 1 is 1.10 bits per heavy atom. The number of halogens is 1. The molecule has 2 N–H and O–H groups in total. The van der Waals surface area contributed by atoms with Gasteiger partial charge in [0, 0.05) is 60.2 Å². The Bertz CT molecular complexity index is 1570. The summed E-state index contributed by atoms with van der Waals surface area (Å²) in [7, 11) is -2.99. The first kappa shape index (κ1) is 26.5. The molecule has 1 aliphatic rings. The van der Waals surface area contributed by atoms with Crippen molar-refractivity contribution < 1.29 is 22.0 Å². The molecule has 1 aliphatic heterocycles. The Labute approximate surface area is 227 Å². The third-order valence-electron chi connectivity index (χ3n) is 6.18. The fourth-order valence-corrected chi connectivity index (χ4v) is 4.67. The molecule has 202 valence electrons. The van der Waals surface area contributed by atoms with Crippen LogP contribution in [0, 0.1) is 5.82 Å². The minimum Gasteiger partial charge on any atom is -0.489 e. The van der Waals surface area contributed by atoms with Crippen LogP contribution in [-0.2, 0) is 29.5 Å². The first-order chi connectivity index (χ1) is 18.8. The molecule has 0 unspecified atom stereocenters. The van der Waals surface area contributed by atoms with Crippen molar-refractivity contribution in [3.63, 3.8) is 0 Å². The van der Waals surface area contributed by atoms with Crippen LogP contribution >= 0.6 is 0 Å². The number of pyridine rings is 1. The average molecular weight is 549 g/mol. The van der Waals surface area contributed by atoms with E-state index >= 15 is 0 Å². The summed E-state index contributed by atoms with van der Waals surface area (Å²) in [6.45, 7) is 1.78. The van der Waals surface area contributed by atoms with E-state index in [1.54, 1.807) is 18.5 Å². The molecule has 2 aromatic carbocycles. The van der Waals surface area contributed by atoms with Gasteiger partial charge in [-0.2, -0.15) is 0 Å². The highest BCUT2D eigenvalue weighted by molar-refractivity contribution is 7.90. The molecule has 0 fully saturated rings. The van der Waals surface area contributed by atoms with Crippen LogP contribution in [0.15, 0.2) is 83.9 Å². The number of benzene rings is 2. The maximum Gasteiger partial charge on any atom is 0.199 e. The van der Waals surface area contributed by atoms with Crippen LogP contribution < -0.4 is 20.3 Å². The Morgan fingerprint density at radius 3 is 2.74 bits per heavy atom. The largest absolute Gasteiger partial charge is 0.489 e. The van der Waals surface area contributed by atoms with Gasteiger partial charge in [0.2, 0.25) is 0 Å². The molecule has 0 radical (unpaired) electrons. The van der Waals surface area contributed by atoms with E-state index in [2.05, 4.69) is 15.6 Å². The SMILES string of the molecule is CS(=O)(=O)CCNCc1coc(N2C=Cc3cncc(Nc4ccc(OCc5cccc(F)c5)cc4)c3C2)c1. The van der Waals surface area contributed by atoms with E-state index in [0.29, 0.717) is 31.3 Å². The first-order valence-electron chi connectivity index (χ1n) is 12.4. The molecule has 0 bridgehead atoms. The first-order valence-corrected chi connectivity index (χ1v) is 14.5. The van der Waals surface area contributed by atoms with Gasteiger partial charge in [-0.3, -0.25) is 4.98 Å². The summed E-state index contributed by atoms with van der Waals surface area (Å²) < 4.78 is 47.6. The lowest BCUT2D eigenvalue weighted by molar-refractivity contribution is 0.305. The van der Waals surface area contributed by atoms with E-state index in [4.69, 9.17) is 9.15 Å². The summed E-state index contributed by atoms with van der Waals surface area (Å²) in [4.78, 5) is 6.39. The molecule has 5 rings (SSSR count). The topological polar surface area (TPSA) is 96.7 Å². The minimum atomic E-state index is -2.99. The summed E-state index contributed by atoms with van der Waals surface area (Å²) in [6.07, 6.45) is 10.5. The maximum absolute atomic E-state index is 13.4. The van der Waals surface area contributed by atoms with E-state index < -0.39 is 9.84 Å². The van der Waals surface area contributed by atoms with Crippen molar-refractivity contribution in [1.82, 2.24) is 10.3 Å². The summed E-state index contributed by atoms with van der Waals surface area (Å²) in [6, 6.07) is 15.9. The lowest BCUT2D eigenvalue weighted by atomic mass is 10.0. The highest BCUT2D eigenvalue weighted by Crippen LogP contribution is 2.32. The van der Waals surface area contributed by atoms with Crippen molar-refractivity contribution >= 4 is 33.2 Å². The number of nitrogens with zero attached hydrogens (tertiary/aromatic N) is 2. The van der Waals surface area contributed by atoms with Crippen LogP contribution in [0.5, 0.6) is 5.75 Å². The standard InChI is InChI=1S/C29H29FN4O4S/c1-39(35,36)12-10-31-15-22-14-29(38-20-22)34-11-9-23-16-32-17-28(27(23)18-34)33-25-5-7-26(8-6-25)37-19-21-3-2-4-24(30)13-21/h2-9,11,13-14,16-17,20,31,33H,10,12,15,18-19H2,1H3. The molecule has 0 amide bonds. The number of ether oxygens (including phenoxy) is 1. The van der Waals surface area contributed by atoms with Crippen molar-refractivity contribution in [3.8, 4) is 5.75 Å². The van der Waals surface area contributed by atoms with Gasteiger partial charge < -0.3 is 24.7 Å². The minimum absolute atomic E-state index is 0.0951. The van der Waals surface area contributed by atoms with E-state index in [-0.39, 0.29) is 18.2 Å². The van der Waals surface area contributed by atoms with Crippen LogP contribution in [0.4, 0.5) is 21.6 Å². The zero-order valence-corrected chi connectivity index (χ0v) is 22.2. The Kier molecular flexibility index (Phi) is 7.94. The molecule has 4 aromatic rings. The number of fused-ring (bicyclic) bond motifs is 1. The summed E-state index contributed by atoms with van der Waals surface area (Å²) >= 11 is 0. The normalized spacial score (nSPS) is 12.8. The fourth-order valence-electron chi connectivity index (χ4n) is 4.16. The zero-order valence-electron chi connectivity index (χ0n) is 21.4. The molecule has 0 aliphatic carbocycles. The van der Waals surface area contributed by atoms with E-state index in [1.807, 2.05) is 59.8 Å². The lowest BCUT2D eigenvalue weighted by Crippen LogP contribution is -2.22. The Balaban J connectivity index is 1.20. The molecular weight excluding hydrogens is 519 g/mol. The number of rotatable bonds is 11. The van der Waals surface area contributed by atoms with Crippen molar-refractivity contribution in [1.29, 1.82) is 0 Å². The number of anilines is 3. The van der Waals surface area contributed by atoms with Crippen molar-refractivity contribution in [2.24, 2.45) is 0 Å². The molecular formula is C29H29FN4O4S. The van der Waals surface area contributed by atoms with Gasteiger partial charge in [-0.25, -0.2) is 12.8 Å². The van der Waals surface area contributed by atoms with E-state index in [9.17, 15) is 12.8 Å². The number of furan rings is 1. The van der Waals surface area contributed by atoms with E-state index in [1.165, 1.54) is 18.4 Å². The molecule has 0 spiro atoms. The Morgan fingerprint density at radius 2 is 1.95 bits per heavy atom. The van der Waals surface area contributed by atoms with Crippen molar-refractivity contribution in [2.75, 3.05) is 28.8 Å². The quantitative estimate of drug-likeness (QED) is 0.245. The molecule has 0 saturated heterocycles. The van der Waals surface area contributed by atoms with Crippen LogP contribution in [0.1, 0.15) is 22.3 Å². The molecule has 0 atom stereocenters. The molecule has 3 heterocycles. The van der Waals surface area contributed by atoms with Gasteiger partial charge in [-0.1, -0.05) is 12.1 Å².